The number of halogens is 2. The molecule has 0 spiro atoms. The molecule has 0 saturated carbocycles. The molecule has 0 unspecified atom stereocenters. The molecule has 3 aromatic carbocycles. The molecule has 0 atom stereocenters. The Labute approximate surface area is 205 Å². The molecule has 164 valence electrons. The summed E-state index contributed by atoms with van der Waals surface area (Å²) in [5.41, 5.74) is 3.06. The van der Waals surface area contributed by atoms with Gasteiger partial charge in [0.1, 0.15) is 11.5 Å². The first-order valence-electron chi connectivity index (χ1n) is 10.0. The summed E-state index contributed by atoms with van der Waals surface area (Å²) in [6, 6.07) is 24.4. The second-order valence-corrected chi connectivity index (χ2v) is 11.2. The molecular weight excluding hydrogens is 494 g/mol. The van der Waals surface area contributed by atoms with Crippen molar-refractivity contribution in [3.05, 3.63) is 117 Å². The Morgan fingerprint density at radius 1 is 0.848 bits per heavy atom. The largest absolute Gasteiger partial charge is 0.456 e. The van der Waals surface area contributed by atoms with Crippen molar-refractivity contribution in [2.45, 2.75) is 0 Å². The highest BCUT2D eigenvalue weighted by Gasteiger charge is 2.28. The quantitative estimate of drug-likeness (QED) is 0.272. The fraction of sp³-hybridized carbons (Fsp3) is 0. The van der Waals surface area contributed by atoms with E-state index in [4.69, 9.17) is 27.9 Å². The Kier molecular flexibility index (Phi) is 6.13. The molecule has 2 heterocycles. The Balaban J connectivity index is 1.52. The van der Waals surface area contributed by atoms with Crippen molar-refractivity contribution in [2.75, 3.05) is 5.09 Å². The normalized spacial score (nSPS) is 14.7. The molecule has 0 radical (unpaired) electrons. The SMILES string of the molecule is O=P1(Nc2nc(-c3cc(Cl)ccc3Cl)cs2)C=C(c2ccccc2)OC(c2ccccc2)=C1. The number of ether oxygens (including phenoxy) is 1. The molecule has 0 aliphatic carbocycles. The molecule has 5 rings (SSSR count). The summed E-state index contributed by atoms with van der Waals surface area (Å²) >= 11 is 13.8. The zero-order valence-electron chi connectivity index (χ0n) is 17.1. The van der Waals surface area contributed by atoms with E-state index in [2.05, 4.69) is 10.1 Å². The molecule has 0 saturated heterocycles. The van der Waals surface area contributed by atoms with Gasteiger partial charge in [-0.15, -0.1) is 11.3 Å². The maximum atomic E-state index is 14.0. The Bertz CT molecular complexity index is 1360. The standard InChI is InChI=1S/C25H17Cl2N2O2PS/c26-19-11-12-21(27)20(13-19)22-16-33-25(28-22)29-32(30)14-23(17-7-3-1-4-8-17)31-24(15-32)18-9-5-2-6-10-18/h1-16H,(H,28,29,30). The Morgan fingerprint density at radius 3 is 2.06 bits per heavy atom. The van der Waals surface area contributed by atoms with Crippen LogP contribution in [0.1, 0.15) is 11.1 Å². The third kappa shape index (κ3) is 4.92. The molecule has 1 aliphatic heterocycles. The van der Waals surface area contributed by atoms with E-state index in [-0.39, 0.29) is 0 Å². The highest BCUT2D eigenvalue weighted by atomic mass is 35.5. The van der Waals surface area contributed by atoms with Crippen LogP contribution in [0.2, 0.25) is 10.0 Å². The van der Waals surface area contributed by atoms with Crippen molar-refractivity contribution in [3.63, 3.8) is 0 Å². The van der Waals surface area contributed by atoms with Crippen molar-refractivity contribution in [2.24, 2.45) is 0 Å². The fourth-order valence-electron chi connectivity index (χ4n) is 3.39. The van der Waals surface area contributed by atoms with E-state index in [0.717, 1.165) is 16.7 Å². The second kappa shape index (κ2) is 9.20. The number of nitrogens with zero attached hydrogens (tertiary/aromatic N) is 1. The molecule has 4 nitrogen and oxygen atoms in total. The summed E-state index contributed by atoms with van der Waals surface area (Å²) in [6.07, 6.45) is 0. The highest BCUT2D eigenvalue weighted by molar-refractivity contribution is 7.72. The molecule has 0 bridgehead atoms. The van der Waals surface area contributed by atoms with E-state index in [0.29, 0.717) is 32.4 Å². The lowest BCUT2D eigenvalue weighted by atomic mass is 10.2. The van der Waals surface area contributed by atoms with Gasteiger partial charge in [0.2, 0.25) is 7.29 Å². The summed E-state index contributed by atoms with van der Waals surface area (Å²) in [5, 5.41) is 6.62. The minimum Gasteiger partial charge on any atom is -0.456 e. The maximum Gasteiger partial charge on any atom is 0.222 e. The van der Waals surface area contributed by atoms with Crippen molar-refractivity contribution >= 4 is 58.5 Å². The number of nitrogens with one attached hydrogen (secondary N) is 1. The lowest BCUT2D eigenvalue weighted by Crippen LogP contribution is -2.03. The van der Waals surface area contributed by atoms with E-state index in [1.807, 2.05) is 66.0 Å². The molecular formula is C25H17Cl2N2O2PS. The minimum absolute atomic E-state index is 0.513. The van der Waals surface area contributed by atoms with Gasteiger partial charge in [-0.2, -0.15) is 0 Å². The third-order valence-electron chi connectivity index (χ3n) is 4.93. The van der Waals surface area contributed by atoms with Gasteiger partial charge >= 0.3 is 0 Å². The van der Waals surface area contributed by atoms with E-state index < -0.39 is 7.29 Å². The maximum absolute atomic E-state index is 14.0. The van der Waals surface area contributed by atoms with Crippen molar-refractivity contribution in [1.29, 1.82) is 0 Å². The van der Waals surface area contributed by atoms with E-state index in [1.54, 1.807) is 29.8 Å². The van der Waals surface area contributed by atoms with Crippen LogP contribution >= 0.6 is 41.8 Å². The predicted molar refractivity (Wildman–Crippen MR) is 139 cm³/mol. The summed E-state index contributed by atoms with van der Waals surface area (Å²) in [4.78, 5) is 4.61. The van der Waals surface area contributed by atoms with Gasteiger partial charge < -0.3 is 9.82 Å². The van der Waals surface area contributed by atoms with Crippen LogP contribution in [0.5, 0.6) is 0 Å². The topological polar surface area (TPSA) is 51.2 Å². The number of benzene rings is 3. The lowest BCUT2D eigenvalue weighted by Gasteiger charge is -2.23. The Morgan fingerprint density at radius 2 is 1.45 bits per heavy atom. The van der Waals surface area contributed by atoms with Crippen LogP contribution in [0.25, 0.3) is 22.8 Å². The van der Waals surface area contributed by atoms with Crippen LogP contribution < -0.4 is 5.09 Å². The molecule has 0 fully saturated rings. The summed E-state index contributed by atoms with van der Waals surface area (Å²) in [5.74, 6) is 4.34. The van der Waals surface area contributed by atoms with Crippen LogP contribution in [0.15, 0.2) is 95.9 Å². The summed E-state index contributed by atoms with van der Waals surface area (Å²) in [6.45, 7) is 0. The molecule has 1 N–H and O–H groups in total. The van der Waals surface area contributed by atoms with Crippen LogP contribution in [0.3, 0.4) is 0 Å². The lowest BCUT2D eigenvalue weighted by molar-refractivity contribution is 0.469. The number of anilines is 1. The average Bonchev–Trinajstić information content (AvgIpc) is 3.29. The first kappa shape index (κ1) is 22.0. The van der Waals surface area contributed by atoms with E-state index in [1.165, 1.54) is 11.3 Å². The van der Waals surface area contributed by atoms with Gasteiger partial charge in [0.05, 0.1) is 10.7 Å². The van der Waals surface area contributed by atoms with Crippen LogP contribution in [0, 0.1) is 0 Å². The fourth-order valence-corrected chi connectivity index (χ4v) is 6.62. The molecule has 1 aromatic heterocycles. The van der Waals surface area contributed by atoms with Gasteiger partial charge in [0.15, 0.2) is 5.13 Å². The first-order valence-corrected chi connectivity index (χ1v) is 13.5. The van der Waals surface area contributed by atoms with Crippen molar-refractivity contribution in [1.82, 2.24) is 4.98 Å². The first-order chi connectivity index (χ1) is 16.0. The van der Waals surface area contributed by atoms with Gasteiger partial charge in [0.25, 0.3) is 0 Å². The minimum atomic E-state index is -3.19. The summed E-state index contributed by atoms with van der Waals surface area (Å²) < 4.78 is 20.2. The molecule has 33 heavy (non-hydrogen) atoms. The zero-order valence-corrected chi connectivity index (χ0v) is 20.3. The van der Waals surface area contributed by atoms with Gasteiger partial charge in [-0.1, -0.05) is 83.9 Å². The number of hydrogen-bond donors (Lipinski definition) is 1. The van der Waals surface area contributed by atoms with E-state index >= 15 is 0 Å². The monoisotopic (exact) mass is 510 g/mol. The van der Waals surface area contributed by atoms with Gasteiger partial charge in [0, 0.05) is 38.7 Å². The van der Waals surface area contributed by atoms with Crippen molar-refractivity contribution in [3.8, 4) is 11.3 Å². The molecule has 1 aliphatic rings. The van der Waals surface area contributed by atoms with Gasteiger partial charge in [-0.05, 0) is 18.2 Å². The van der Waals surface area contributed by atoms with Gasteiger partial charge in [-0.3, -0.25) is 4.57 Å². The van der Waals surface area contributed by atoms with E-state index in [9.17, 15) is 4.57 Å². The van der Waals surface area contributed by atoms with Crippen LogP contribution in [-0.4, -0.2) is 4.98 Å². The number of thiazole rings is 1. The molecule has 8 heteroatoms. The second-order valence-electron chi connectivity index (χ2n) is 7.30. The van der Waals surface area contributed by atoms with Crippen LogP contribution in [0.4, 0.5) is 5.13 Å². The summed E-state index contributed by atoms with van der Waals surface area (Å²) in [7, 11) is -3.19. The molecule has 4 aromatic rings. The van der Waals surface area contributed by atoms with Crippen LogP contribution in [-0.2, 0) is 9.30 Å². The predicted octanol–water partition coefficient (Wildman–Crippen LogP) is 8.83. The average molecular weight is 511 g/mol. The smallest absolute Gasteiger partial charge is 0.222 e. The third-order valence-corrected chi connectivity index (χ3v) is 8.20. The molecule has 0 amide bonds. The number of aromatic nitrogens is 1. The number of rotatable bonds is 5. The highest BCUT2D eigenvalue weighted by Crippen LogP contribution is 2.56. The Hall–Kier alpha value is -2.82. The van der Waals surface area contributed by atoms with Gasteiger partial charge in [-0.25, -0.2) is 4.98 Å². The van der Waals surface area contributed by atoms with Crippen molar-refractivity contribution < 1.29 is 9.30 Å². The number of hydrogen-bond acceptors (Lipinski definition) is 4. The zero-order chi connectivity index (χ0) is 22.8.